The van der Waals surface area contributed by atoms with Crippen LogP contribution in [0.1, 0.15) is 12.8 Å². The van der Waals surface area contributed by atoms with E-state index in [2.05, 4.69) is 6.58 Å². The van der Waals surface area contributed by atoms with Gasteiger partial charge >= 0.3 is 0 Å². The van der Waals surface area contributed by atoms with Gasteiger partial charge in [0.05, 0.1) is 7.11 Å². The quantitative estimate of drug-likeness (QED) is 0.651. The van der Waals surface area contributed by atoms with Gasteiger partial charge in [-0.1, -0.05) is 12.2 Å². The second-order valence-electron chi connectivity index (χ2n) is 2.58. The zero-order chi connectivity index (χ0) is 8.97. The first-order valence-electron chi connectivity index (χ1n) is 3.90. The van der Waals surface area contributed by atoms with E-state index in [1.54, 1.807) is 13.2 Å². The standard InChI is InChI=1S/C10H13O2/c1-3-5-8-6-4-7-9(12-2)10(8)11/h3,6-7,11H,1,4-5H2,2H3. The Balaban J connectivity index is 2.81. The van der Waals surface area contributed by atoms with E-state index >= 15 is 0 Å². The Hall–Kier alpha value is -1.18. The van der Waals surface area contributed by atoms with Gasteiger partial charge in [-0.3, -0.25) is 0 Å². The van der Waals surface area contributed by atoms with Crippen LogP contribution in [0.5, 0.6) is 0 Å². The van der Waals surface area contributed by atoms with Crippen molar-refractivity contribution in [2.24, 2.45) is 0 Å². The number of ether oxygens (including phenoxy) is 1. The third-order valence-corrected chi connectivity index (χ3v) is 1.79. The van der Waals surface area contributed by atoms with Crippen molar-refractivity contribution < 1.29 is 9.84 Å². The molecule has 1 aliphatic rings. The summed E-state index contributed by atoms with van der Waals surface area (Å²) in [5.74, 6) is 0.804. The third kappa shape index (κ3) is 1.70. The zero-order valence-corrected chi connectivity index (χ0v) is 7.21. The lowest BCUT2D eigenvalue weighted by molar-refractivity contribution is 0.261. The number of hydrogen-bond acceptors (Lipinski definition) is 2. The van der Waals surface area contributed by atoms with Crippen molar-refractivity contribution in [1.82, 2.24) is 0 Å². The highest BCUT2D eigenvalue weighted by molar-refractivity contribution is 5.36. The van der Waals surface area contributed by atoms with Crippen molar-refractivity contribution in [3.05, 3.63) is 42.2 Å². The topological polar surface area (TPSA) is 29.5 Å². The smallest absolute Gasteiger partial charge is 0.156 e. The van der Waals surface area contributed by atoms with Crippen LogP contribution in [0.15, 0.2) is 35.8 Å². The molecule has 0 fully saturated rings. The lowest BCUT2D eigenvalue weighted by Crippen LogP contribution is -2.02. The molecular formula is C10H13O2. The van der Waals surface area contributed by atoms with Crippen LogP contribution < -0.4 is 0 Å². The maximum absolute atomic E-state index is 9.57. The molecule has 0 heterocycles. The Morgan fingerprint density at radius 1 is 1.75 bits per heavy atom. The molecular weight excluding hydrogens is 152 g/mol. The average Bonchev–Trinajstić information content (AvgIpc) is 2.09. The molecule has 12 heavy (non-hydrogen) atoms. The molecule has 1 rings (SSSR count). The molecule has 0 aromatic heterocycles. The number of aliphatic hydroxyl groups excluding tert-OH is 1. The first kappa shape index (κ1) is 8.91. The maximum Gasteiger partial charge on any atom is 0.156 e. The van der Waals surface area contributed by atoms with Gasteiger partial charge in [-0.05, 0) is 18.4 Å². The number of methoxy groups -OCH3 is 1. The highest BCUT2D eigenvalue weighted by Crippen LogP contribution is 2.24. The molecule has 0 unspecified atom stereocenters. The molecule has 0 bridgehead atoms. The van der Waals surface area contributed by atoms with Crippen molar-refractivity contribution >= 4 is 0 Å². The van der Waals surface area contributed by atoms with Crippen LogP contribution in [0.2, 0.25) is 0 Å². The van der Waals surface area contributed by atoms with Crippen molar-refractivity contribution in [1.29, 1.82) is 0 Å². The highest BCUT2D eigenvalue weighted by Gasteiger charge is 2.14. The fraction of sp³-hybridized carbons (Fsp3) is 0.300. The number of aliphatic hydroxyl groups is 1. The molecule has 0 atom stereocenters. The third-order valence-electron chi connectivity index (χ3n) is 1.79. The fourth-order valence-corrected chi connectivity index (χ4v) is 1.18. The van der Waals surface area contributed by atoms with Gasteiger partial charge in [0.2, 0.25) is 0 Å². The zero-order valence-electron chi connectivity index (χ0n) is 7.21. The molecule has 2 nitrogen and oxygen atoms in total. The van der Waals surface area contributed by atoms with Gasteiger partial charge in [0.15, 0.2) is 5.76 Å². The summed E-state index contributed by atoms with van der Waals surface area (Å²) in [6.07, 6.45) is 7.09. The van der Waals surface area contributed by atoms with Crippen LogP contribution in [0, 0.1) is 6.42 Å². The van der Waals surface area contributed by atoms with Gasteiger partial charge in [-0.25, -0.2) is 0 Å². The van der Waals surface area contributed by atoms with Crippen LogP contribution in [-0.2, 0) is 4.74 Å². The minimum atomic E-state index is 0.239. The van der Waals surface area contributed by atoms with Gasteiger partial charge < -0.3 is 9.84 Å². The first-order valence-corrected chi connectivity index (χ1v) is 3.90. The van der Waals surface area contributed by atoms with Crippen molar-refractivity contribution in [3.63, 3.8) is 0 Å². The summed E-state index contributed by atoms with van der Waals surface area (Å²) in [6, 6.07) is 0. The molecule has 65 valence electrons. The summed E-state index contributed by atoms with van der Waals surface area (Å²) in [6.45, 7) is 3.61. The van der Waals surface area contributed by atoms with Crippen LogP contribution in [0.25, 0.3) is 0 Å². The van der Waals surface area contributed by atoms with Crippen LogP contribution in [0.3, 0.4) is 0 Å². The Morgan fingerprint density at radius 3 is 3.08 bits per heavy atom. The van der Waals surface area contributed by atoms with Gasteiger partial charge in [0.1, 0.15) is 5.76 Å². The monoisotopic (exact) mass is 165 g/mol. The predicted octanol–water partition coefficient (Wildman–Crippen LogP) is 2.51. The van der Waals surface area contributed by atoms with E-state index in [-0.39, 0.29) is 5.76 Å². The van der Waals surface area contributed by atoms with E-state index in [0.29, 0.717) is 12.2 Å². The SMILES string of the molecule is C=CCC1=CC[CH]C(OC)=C1O. The maximum atomic E-state index is 9.57. The van der Waals surface area contributed by atoms with Crippen molar-refractivity contribution in [2.75, 3.05) is 7.11 Å². The summed E-state index contributed by atoms with van der Waals surface area (Å²) in [7, 11) is 1.55. The molecule has 0 spiro atoms. The molecule has 1 aliphatic carbocycles. The lowest BCUT2D eigenvalue weighted by atomic mass is 10.0. The normalized spacial score (nSPS) is 17.2. The van der Waals surface area contributed by atoms with E-state index in [1.165, 1.54) is 0 Å². The fourth-order valence-electron chi connectivity index (χ4n) is 1.18. The first-order chi connectivity index (χ1) is 5.79. The minimum absolute atomic E-state index is 0.239. The van der Waals surface area contributed by atoms with E-state index in [9.17, 15) is 5.11 Å². The highest BCUT2D eigenvalue weighted by atomic mass is 16.5. The molecule has 1 N–H and O–H groups in total. The second kappa shape index (κ2) is 4.00. The van der Waals surface area contributed by atoms with Crippen molar-refractivity contribution in [2.45, 2.75) is 12.8 Å². The molecule has 0 aliphatic heterocycles. The molecule has 0 saturated carbocycles. The molecule has 1 radical (unpaired) electrons. The summed E-state index contributed by atoms with van der Waals surface area (Å²) in [5.41, 5.74) is 0.893. The Labute approximate surface area is 72.9 Å². The number of allylic oxidation sites excluding steroid dienone is 4. The number of rotatable bonds is 3. The van der Waals surface area contributed by atoms with E-state index < -0.39 is 0 Å². The Bertz CT molecular complexity index is 236. The van der Waals surface area contributed by atoms with Crippen LogP contribution in [0.4, 0.5) is 0 Å². The molecule has 0 aromatic rings. The Morgan fingerprint density at radius 2 is 2.50 bits per heavy atom. The molecule has 0 amide bonds. The van der Waals surface area contributed by atoms with Crippen LogP contribution >= 0.6 is 0 Å². The summed E-state index contributed by atoms with van der Waals surface area (Å²) >= 11 is 0. The number of hydrogen-bond donors (Lipinski definition) is 1. The summed E-state index contributed by atoms with van der Waals surface area (Å²) in [4.78, 5) is 0. The van der Waals surface area contributed by atoms with Gasteiger partial charge in [-0.2, -0.15) is 0 Å². The van der Waals surface area contributed by atoms with Gasteiger partial charge in [-0.15, -0.1) is 6.58 Å². The predicted molar refractivity (Wildman–Crippen MR) is 48.5 cm³/mol. The van der Waals surface area contributed by atoms with E-state index in [4.69, 9.17) is 4.74 Å². The van der Waals surface area contributed by atoms with Gasteiger partial charge in [0.25, 0.3) is 0 Å². The van der Waals surface area contributed by atoms with E-state index in [1.807, 2.05) is 12.5 Å². The summed E-state index contributed by atoms with van der Waals surface area (Å²) < 4.78 is 4.98. The molecule has 2 heteroatoms. The van der Waals surface area contributed by atoms with Gasteiger partial charge in [0, 0.05) is 6.42 Å². The van der Waals surface area contributed by atoms with Crippen molar-refractivity contribution in [3.8, 4) is 0 Å². The van der Waals surface area contributed by atoms with Crippen LogP contribution in [-0.4, -0.2) is 12.2 Å². The van der Waals surface area contributed by atoms with E-state index in [0.717, 1.165) is 12.0 Å². The average molecular weight is 165 g/mol. The Kier molecular flexibility index (Phi) is 2.97. The molecule has 0 saturated heterocycles. The minimum Gasteiger partial charge on any atom is -0.504 e. The molecule has 0 aromatic carbocycles. The second-order valence-corrected chi connectivity index (χ2v) is 2.58. The summed E-state index contributed by atoms with van der Waals surface area (Å²) in [5, 5.41) is 9.57. The lowest BCUT2D eigenvalue weighted by Gasteiger charge is -2.14. The largest absolute Gasteiger partial charge is 0.504 e.